The van der Waals surface area contributed by atoms with E-state index in [1.807, 2.05) is 6.92 Å². The minimum atomic E-state index is -0.214. The average molecular weight is 229 g/mol. The monoisotopic (exact) mass is 228 g/mol. The summed E-state index contributed by atoms with van der Waals surface area (Å²) < 4.78 is 5.26. The van der Waals surface area contributed by atoms with Gasteiger partial charge in [-0.15, -0.1) is 11.6 Å². The summed E-state index contributed by atoms with van der Waals surface area (Å²) in [5.74, 6) is 0.0608. The topological polar surface area (TPSA) is 46.5 Å². The molecule has 0 aliphatic rings. The number of alkyl halides is 1. The van der Waals surface area contributed by atoms with Crippen molar-refractivity contribution in [3.63, 3.8) is 0 Å². The average Bonchev–Trinajstić information content (AvgIpc) is 2.26. The van der Waals surface area contributed by atoms with Crippen LogP contribution in [0.3, 0.4) is 0 Å². The minimum absolute atomic E-state index is 0.0283. The second kappa shape index (κ2) is 5.61. The Balaban J connectivity index is 2.83. The predicted octanol–water partition coefficient (Wildman–Crippen LogP) is 2.60. The number of benzene rings is 1. The van der Waals surface area contributed by atoms with E-state index in [1.54, 1.807) is 12.1 Å². The summed E-state index contributed by atoms with van der Waals surface area (Å²) in [6.07, 6.45) is 0.863. The molecule has 15 heavy (non-hydrogen) atoms. The zero-order valence-corrected chi connectivity index (χ0v) is 9.25. The van der Waals surface area contributed by atoms with Crippen LogP contribution in [0.25, 0.3) is 0 Å². The molecule has 4 heteroatoms. The van der Waals surface area contributed by atoms with E-state index in [-0.39, 0.29) is 17.4 Å². The first-order chi connectivity index (χ1) is 7.19. The van der Waals surface area contributed by atoms with Gasteiger partial charge in [0.1, 0.15) is 0 Å². The lowest BCUT2D eigenvalue weighted by atomic mass is 10.1. The standard InChI is InChI=1S/C11H13ClO3/c1-2-5-15-11-4-3-8(6-9(11)13)10(14)7-12/h3-4,6,13H,2,5,7H2,1H3. The third-order valence-electron chi connectivity index (χ3n) is 1.86. The molecule has 0 spiro atoms. The normalized spacial score (nSPS) is 10.0. The highest BCUT2D eigenvalue weighted by Gasteiger charge is 2.08. The Hall–Kier alpha value is -1.22. The zero-order valence-electron chi connectivity index (χ0n) is 8.50. The fraction of sp³-hybridized carbons (Fsp3) is 0.364. The van der Waals surface area contributed by atoms with E-state index in [9.17, 15) is 9.90 Å². The Morgan fingerprint density at radius 3 is 2.80 bits per heavy atom. The molecule has 0 unspecified atom stereocenters. The summed E-state index contributed by atoms with van der Waals surface area (Å²) in [5.41, 5.74) is 0.395. The van der Waals surface area contributed by atoms with E-state index in [1.165, 1.54) is 6.07 Å². The number of hydrogen-bond acceptors (Lipinski definition) is 3. The van der Waals surface area contributed by atoms with Crippen LogP contribution in [0.15, 0.2) is 18.2 Å². The fourth-order valence-corrected chi connectivity index (χ4v) is 1.26. The van der Waals surface area contributed by atoms with Crippen LogP contribution >= 0.6 is 11.6 Å². The van der Waals surface area contributed by atoms with Crippen LogP contribution in [0.5, 0.6) is 11.5 Å². The van der Waals surface area contributed by atoms with E-state index in [4.69, 9.17) is 16.3 Å². The Kier molecular flexibility index (Phi) is 4.43. The van der Waals surface area contributed by atoms with Crippen LogP contribution in [0.2, 0.25) is 0 Å². The van der Waals surface area contributed by atoms with Crippen molar-refractivity contribution < 1.29 is 14.6 Å². The number of phenols is 1. The molecule has 0 atom stereocenters. The van der Waals surface area contributed by atoms with Crippen LogP contribution in [0, 0.1) is 0 Å². The maximum absolute atomic E-state index is 11.2. The smallest absolute Gasteiger partial charge is 0.177 e. The molecule has 1 aromatic carbocycles. The van der Waals surface area contributed by atoms with Crippen LogP contribution in [-0.4, -0.2) is 23.4 Å². The van der Waals surface area contributed by atoms with Gasteiger partial charge in [-0.1, -0.05) is 6.92 Å². The third kappa shape index (κ3) is 3.13. The van der Waals surface area contributed by atoms with Crippen molar-refractivity contribution in [3.8, 4) is 11.5 Å². The molecule has 0 radical (unpaired) electrons. The molecule has 82 valence electrons. The number of halogens is 1. The number of ketones is 1. The first-order valence-electron chi connectivity index (χ1n) is 4.74. The molecule has 0 amide bonds. The SMILES string of the molecule is CCCOc1ccc(C(=O)CCl)cc1O. The molecule has 3 nitrogen and oxygen atoms in total. The highest BCUT2D eigenvalue weighted by atomic mass is 35.5. The van der Waals surface area contributed by atoms with E-state index < -0.39 is 0 Å². The molecule has 0 aromatic heterocycles. The van der Waals surface area contributed by atoms with Gasteiger partial charge in [-0.3, -0.25) is 4.79 Å². The van der Waals surface area contributed by atoms with Gasteiger partial charge in [0.2, 0.25) is 0 Å². The van der Waals surface area contributed by atoms with E-state index in [0.717, 1.165) is 6.42 Å². The molecule has 0 saturated heterocycles. The number of Topliss-reactive ketones (excluding diaryl/α,β-unsaturated/α-hetero) is 1. The van der Waals surface area contributed by atoms with Crippen molar-refractivity contribution in [3.05, 3.63) is 23.8 Å². The summed E-state index contributed by atoms with van der Waals surface area (Å²) in [6, 6.07) is 4.54. The van der Waals surface area contributed by atoms with E-state index >= 15 is 0 Å². The molecular weight excluding hydrogens is 216 g/mol. The maximum atomic E-state index is 11.2. The molecule has 1 N–H and O–H groups in total. The van der Waals surface area contributed by atoms with E-state index in [0.29, 0.717) is 17.9 Å². The lowest BCUT2D eigenvalue weighted by Gasteiger charge is -2.07. The quantitative estimate of drug-likeness (QED) is 0.623. The molecular formula is C11H13ClO3. The van der Waals surface area contributed by atoms with Crippen molar-refractivity contribution in [2.75, 3.05) is 12.5 Å². The molecule has 0 saturated carbocycles. The summed E-state index contributed by atoms with van der Waals surface area (Å²) in [6.45, 7) is 2.51. The minimum Gasteiger partial charge on any atom is -0.504 e. The van der Waals surface area contributed by atoms with Gasteiger partial charge in [-0.25, -0.2) is 0 Å². The van der Waals surface area contributed by atoms with Gasteiger partial charge >= 0.3 is 0 Å². The van der Waals surface area contributed by atoms with Gasteiger partial charge in [0.15, 0.2) is 17.3 Å². The van der Waals surface area contributed by atoms with Crippen LogP contribution in [0.4, 0.5) is 0 Å². The lowest BCUT2D eigenvalue weighted by Crippen LogP contribution is -2.01. The number of carbonyl (C=O) groups excluding carboxylic acids is 1. The van der Waals surface area contributed by atoms with Gasteiger partial charge in [-0.2, -0.15) is 0 Å². The number of ether oxygens (including phenoxy) is 1. The van der Waals surface area contributed by atoms with Crippen LogP contribution in [0.1, 0.15) is 23.7 Å². The largest absolute Gasteiger partial charge is 0.504 e. The van der Waals surface area contributed by atoms with Crippen LogP contribution in [-0.2, 0) is 0 Å². The zero-order chi connectivity index (χ0) is 11.3. The number of phenolic OH excluding ortho intramolecular Hbond substituents is 1. The van der Waals surface area contributed by atoms with Crippen molar-refractivity contribution in [1.82, 2.24) is 0 Å². The predicted molar refractivity (Wildman–Crippen MR) is 58.9 cm³/mol. The molecule has 0 aliphatic carbocycles. The summed E-state index contributed by atoms with van der Waals surface area (Å²) in [4.78, 5) is 11.2. The first kappa shape index (κ1) is 11.9. The highest BCUT2D eigenvalue weighted by molar-refractivity contribution is 6.30. The molecule has 0 bridgehead atoms. The van der Waals surface area contributed by atoms with Gasteiger partial charge in [0, 0.05) is 5.56 Å². The molecule has 1 rings (SSSR count). The molecule has 0 heterocycles. The second-order valence-corrected chi connectivity index (χ2v) is 3.36. The maximum Gasteiger partial charge on any atom is 0.177 e. The number of aromatic hydroxyl groups is 1. The van der Waals surface area contributed by atoms with E-state index in [2.05, 4.69) is 0 Å². The molecule has 0 fully saturated rings. The second-order valence-electron chi connectivity index (χ2n) is 3.09. The molecule has 0 aliphatic heterocycles. The first-order valence-corrected chi connectivity index (χ1v) is 5.27. The number of hydrogen-bond donors (Lipinski definition) is 1. The van der Waals surface area contributed by atoms with Gasteiger partial charge in [0.05, 0.1) is 12.5 Å². The van der Waals surface area contributed by atoms with Crippen molar-refractivity contribution in [1.29, 1.82) is 0 Å². The van der Waals surface area contributed by atoms with Gasteiger partial charge in [-0.05, 0) is 24.6 Å². The van der Waals surface area contributed by atoms with Crippen molar-refractivity contribution in [2.24, 2.45) is 0 Å². The lowest BCUT2D eigenvalue weighted by molar-refractivity contribution is 0.102. The van der Waals surface area contributed by atoms with Crippen molar-refractivity contribution in [2.45, 2.75) is 13.3 Å². The Morgan fingerprint density at radius 2 is 2.27 bits per heavy atom. The number of rotatable bonds is 5. The molecule has 1 aromatic rings. The van der Waals surface area contributed by atoms with Gasteiger partial charge in [0.25, 0.3) is 0 Å². The Labute approximate surface area is 93.6 Å². The number of carbonyl (C=O) groups is 1. The summed E-state index contributed by atoms with van der Waals surface area (Å²) in [7, 11) is 0. The highest BCUT2D eigenvalue weighted by Crippen LogP contribution is 2.27. The Bertz CT molecular complexity index is 350. The fourth-order valence-electron chi connectivity index (χ4n) is 1.10. The third-order valence-corrected chi connectivity index (χ3v) is 2.11. The van der Waals surface area contributed by atoms with Crippen molar-refractivity contribution >= 4 is 17.4 Å². The van der Waals surface area contributed by atoms with Crippen LogP contribution < -0.4 is 4.74 Å². The van der Waals surface area contributed by atoms with Gasteiger partial charge < -0.3 is 9.84 Å². The summed E-state index contributed by atoms with van der Waals surface area (Å²) >= 11 is 5.40. The summed E-state index contributed by atoms with van der Waals surface area (Å²) in [5, 5.41) is 9.54. The Morgan fingerprint density at radius 1 is 1.53 bits per heavy atom.